The van der Waals surface area contributed by atoms with Crippen molar-refractivity contribution in [2.75, 3.05) is 13.1 Å². The van der Waals surface area contributed by atoms with Gasteiger partial charge in [-0.1, -0.05) is 76.2 Å². The average molecular weight is 532 g/mol. The Labute approximate surface area is 236 Å². The van der Waals surface area contributed by atoms with Gasteiger partial charge in [0.2, 0.25) is 0 Å². The lowest BCUT2D eigenvalue weighted by atomic mass is 9.69. The van der Waals surface area contributed by atoms with Gasteiger partial charge in [0.15, 0.2) is 0 Å². The molecule has 1 heterocycles. The van der Waals surface area contributed by atoms with E-state index >= 15 is 0 Å². The Morgan fingerprint density at radius 1 is 0.667 bits per heavy atom. The summed E-state index contributed by atoms with van der Waals surface area (Å²) in [6.45, 7) is 10.3. The molecule has 4 heteroatoms. The highest BCUT2D eigenvalue weighted by atomic mass is 16.5. The molecule has 0 radical (unpaired) electrons. The first-order valence-electron chi connectivity index (χ1n) is 15.2. The highest BCUT2D eigenvalue weighted by Crippen LogP contribution is 2.47. The molecule has 3 aromatic rings. The van der Waals surface area contributed by atoms with E-state index in [1.165, 1.54) is 54.4 Å². The number of hydrogen-bond acceptors (Lipinski definition) is 4. The Bertz CT molecular complexity index is 1070. The molecule has 2 aliphatic carbocycles. The van der Waals surface area contributed by atoms with Crippen molar-refractivity contribution in [2.24, 2.45) is 0 Å². The molecule has 0 aromatic heterocycles. The molecule has 4 nitrogen and oxygen atoms in total. The summed E-state index contributed by atoms with van der Waals surface area (Å²) in [6.07, 6.45) is 9.65. The van der Waals surface area contributed by atoms with Crippen LogP contribution in [0.25, 0.3) is 0 Å². The van der Waals surface area contributed by atoms with Crippen molar-refractivity contribution in [2.45, 2.75) is 96.7 Å². The van der Waals surface area contributed by atoms with Crippen molar-refractivity contribution in [3.63, 3.8) is 0 Å². The van der Waals surface area contributed by atoms with Crippen LogP contribution in [0.15, 0.2) is 72.8 Å². The zero-order chi connectivity index (χ0) is 28.0. The van der Waals surface area contributed by atoms with Crippen LogP contribution < -0.4 is 5.32 Å². The number of fused-ring (bicyclic) bond motifs is 1. The highest BCUT2D eigenvalue weighted by Gasteiger charge is 2.32. The Balaban J connectivity index is 0.000000234. The predicted octanol–water partition coefficient (Wildman–Crippen LogP) is 8.32. The van der Waals surface area contributed by atoms with E-state index in [2.05, 4.69) is 35.6 Å². The van der Waals surface area contributed by atoms with Crippen molar-refractivity contribution in [3.05, 3.63) is 95.1 Å². The number of hydrogen-bond donors (Lipinski definition) is 3. The molecular weight excluding hydrogens is 482 g/mol. The Kier molecular flexibility index (Phi) is 12.9. The van der Waals surface area contributed by atoms with Crippen molar-refractivity contribution >= 4 is 0 Å². The monoisotopic (exact) mass is 531 g/mol. The number of phenols is 2. The molecule has 39 heavy (non-hydrogen) atoms. The van der Waals surface area contributed by atoms with Gasteiger partial charge in [0.1, 0.15) is 11.5 Å². The van der Waals surface area contributed by atoms with E-state index in [0.717, 1.165) is 25.9 Å². The zero-order valence-electron chi connectivity index (χ0n) is 24.4. The lowest BCUT2D eigenvalue weighted by Gasteiger charge is -2.34. The maximum atomic E-state index is 9.83. The third kappa shape index (κ3) is 8.58. The van der Waals surface area contributed by atoms with E-state index in [9.17, 15) is 10.2 Å². The van der Waals surface area contributed by atoms with Gasteiger partial charge in [-0.25, -0.2) is 0 Å². The molecule has 3 N–H and O–H groups in total. The normalized spacial score (nSPS) is 20.4. The smallest absolute Gasteiger partial charge is 0.115 e. The van der Waals surface area contributed by atoms with Crippen LogP contribution in [0.1, 0.15) is 100 Å². The minimum atomic E-state index is 0.234. The molecule has 3 aliphatic rings. The number of phenolic OH excluding ortho intramolecular Hbond substituents is 2. The third-order valence-electron chi connectivity index (χ3n) is 7.79. The molecule has 1 saturated heterocycles. The second-order valence-corrected chi connectivity index (χ2v) is 10.1. The van der Waals surface area contributed by atoms with Gasteiger partial charge in [0, 0.05) is 5.92 Å². The maximum absolute atomic E-state index is 9.83. The van der Waals surface area contributed by atoms with Crippen LogP contribution in [-0.4, -0.2) is 35.5 Å². The molecular formula is C35H49NO3. The minimum absolute atomic E-state index is 0.234. The van der Waals surface area contributed by atoms with Gasteiger partial charge in [-0.3, -0.25) is 0 Å². The molecule has 0 bridgehead atoms. The highest BCUT2D eigenvalue weighted by molar-refractivity contribution is 5.48. The number of piperidine rings is 1. The third-order valence-corrected chi connectivity index (χ3v) is 7.79. The van der Waals surface area contributed by atoms with E-state index in [4.69, 9.17) is 4.74 Å². The molecule has 6 rings (SSSR count). The molecule has 2 unspecified atom stereocenters. The summed E-state index contributed by atoms with van der Waals surface area (Å²) in [7, 11) is 0. The molecule has 1 saturated carbocycles. The van der Waals surface area contributed by atoms with Gasteiger partial charge < -0.3 is 20.3 Å². The van der Waals surface area contributed by atoms with Crippen molar-refractivity contribution in [1.29, 1.82) is 0 Å². The number of ether oxygens (including phenoxy) is 1. The Morgan fingerprint density at radius 2 is 1.28 bits per heavy atom. The van der Waals surface area contributed by atoms with E-state index in [1.54, 1.807) is 18.2 Å². The second kappa shape index (κ2) is 16.3. The van der Waals surface area contributed by atoms with E-state index < -0.39 is 0 Å². The Morgan fingerprint density at radius 3 is 1.90 bits per heavy atom. The molecule has 0 amide bonds. The second-order valence-electron chi connectivity index (χ2n) is 10.1. The number of aromatic hydroxyl groups is 2. The first-order valence-corrected chi connectivity index (χ1v) is 15.2. The fourth-order valence-corrected chi connectivity index (χ4v) is 5.67. The SMILES string of the molecule is C1CC(OC2CCNCC2)C1.CC.CC.Oc1ccc(C2c3ccc(O)cc3CCC2c2ccccc2)cc1. The van der Waals surface area contributed by atoms with Gasteiger partial charge in [0.05, 0.1) is 12.2 Å². The van der Waals surface area contributed by atoms with Gasteiger partial charge in [-0.2, -0.15) is 0 Å². The first kappa shape index (κ1) is 30.7. The fourth-order valence-electron chi connectivity index (χ4n) is 5.67. The number of nitrogens with one attached hydrogen (secondary N) is 1. The topological polar surface area (TPSA) is 61.7 Å². The molecule has 3 aromatic carbocycles. The first-order chi connectivity index (χ1) is 19.2. The van der Waals surface area contributed by atoms with Crippen LogP contribution >= 0.6 is 0 Å². The molecule has 2 fully saturated rings. The molecule has 1 aliphatic heterocycles. The summed E-state index contributed by atoms with van der Waals surface area (Å²) in [5, 5.41) is 22.8. The quantitative estimate of drug-likeness (QED) is 0.317. The minimum Gasteiger partial charge on any atom is -0.508 e. The van der Waals surface area contributed by atoms with Gasteiger partial charge in [-0.05, 0) is 110 Å². The lowest BCUT2D eigenvalue weighted by Crippen LogP contribution is -2.36. The summed E-state index contributed by atoms with van der Waals surface area (Å²) in [5.74, 6) is 1.25. The maximum Gasteiger partial charge on any atom is 0.115 e. The summed E-state index contributed by atoms with van der Waals surface area (Å²) < 4.78 is 5.89. The zero-order valence-corrected chi connectivity index (χ0v) is 24.4. The van der Waals surface area contributed by atoms with Crippen LogP contribution in [0.5, 0.6) is 11.5 Å². The van der Waals surface area contributed by atoms with E-state index in [-0.39, 0.29) is 11.7 Å². The van der Waals surface area contributed by atoms with Gasteiger partial charge in [-0.15, -0.1) is 0 Å². The predicted molar refractivity (Wildman–Crippen MR) is 163 cm³/mol. The van der Waals surface area contributed by atoms with E-state index in [0.29, 0.717) is 23.9 Å². The van der Waals surface area contributed by atoms with Crippen LogP contribution in [0.4, 0.5) is 0 Å². The number of benzene rings is 3. The molecule has 0 spiro atoms. The summed E-state index contributed by atoms with van der Waals surface area (Å²) in [6, 6.07) is 23.9. The van der Waals surface area contributed by atoms with Crippen LogP contribution in [0.3, 0.4) is 0 Å². The molecule has 2 atom stereocenters. The lowest BCUT2D eigenvalue weighted by molar-refractivity contribution is -0.0617. The summed E-state index contributed by atoms with van der Waals surface area (Å²) >= 11 is 0. The average Bonchev–Trinajstić information content (AvgIpc) is 2.98. The number of rotatable bonds is 4. The number of aryl methyl sites for hydroxylation is 1. The van der Waals surface area contributed by atoms with Crippen molar-refractivity contribution < 1.29 is 14.9 Å². The standard InChI is InChI=1S/C22H20O2.C9H17NO.2C2H6/c23-18-9-6-16(7-10-18)22-20(15-4-2-1-3-5-15)12-8-17-14-19(24)11-13-21(17)22;1-2-8(3-1)11-9-4-6-10-7-5-9;2*1-2/h1-7,9-11,13-14,20,22-24H,8,12H2;8-10H,1-7H2;2*1-2H3. The van der Waals surface area contributed by atoms with E-state index in [1.807, 2.05) is 52.0 Å². The summed E-state index contributed by atoms with van der Waals surface area (Å²) in [4.78, 5) is 0. The molecule has 212 valence electrons. The van der Waals surface area contributed by atoms with Crippen LogP contribution in [-0.2, 0) is 11.2 Å². The largest absolute Gasteiger partial charge is 0.508 e. The Hall–Kier alpha value is -2.82. The van der Waals surface area contributed by atoms with Crippen LogP contribution in [0, 0.1) is 0 Å². The van der Waals surface area contributed by atoms with Crippen molar-refractivity contribution in [1.82, 2.24) is 5.32 Å². The van der Waals surface area contributed by atoms with Gasteiger partial charge in [0.25, 0.3) is 0 Å². The van der Waals surface area contributed by atoms with Crippen molar-refractivity contribution in [3.8, 4) is 11.5 Å². The fraction of sp³-hybridized carbons (Fsp3) is 0.486. The van der Waals surface area contributed by atoms with Gasteiger partial charge >= 0.3 is 0 Å². The summed E-state index contributed by atoms with van der Waals surface area (Å²) in [5.41, 5.74) is 5.04. The van der Waals surface area contributed by atoms with Crippen LogP contribution in [0.2, 0.25) is 0 Å².